The molecule has 0 spiro atoms. The summed E-state index contributed by atoms with van der Waals surface area (Å²) in [4.78, 5) is 0. The molecule has 1 aromatic rings. The fourth-order valence-corrected chi connectivity index (χ4v) is 3.66. The molecule has 0 saturated carbocycles. The minimum absolute atomic E-state index is 0.515. The molecule has 2 aliphatic heterocycles. The van der Waals surface area contributed by atoms with Gasteiger partial charge >= 0.3 is 0 Å². The normalized spacial score (nSPS) is 33.0. The quantitative estimate of drug-likeness (QED) is 0.812. The van der Waals surface area contributed by atoms with Crippen LogP contribution in [0.3, 0.4) is 0 Å². The van der Waals surface area contributed by atoms with E-state index >= 15 is 0 Å². The topological polar surface area (TPSA) is 41.5 Å². The van der Waals surface area contributed by atoms with Gasteiger partial charge in [-0.1, -0.05) is 36.8 Å². The van der Waals surface area contributed by atoms with Crippen LogP contribution < -0.4 is 5.32 Å². The molecule has 2 bridgehead atoms. The lowest BCUT2D eigenvalue weighted by Crippen LogP contribution is -2.55. The number of fused-ring (bicyclic) bond motifs is 2. The zero-order valence-electron chi connectivity index (χ0n) is 12.1. The van der Waals surface area contributed by atoms with Crippen molar-refractivity contribution in [2.75, 3.05) is 6.61 Å². The second-order valence-corrected chi connectivity index (χ2v) is 6.41. The maximum atomic E-state index is 10.8. The molecule has 2 heterocycles. The summed E-state index contributed by atoms with van der Waals surface area (Å²) in [5.41, 5.74) is 0.680. The first-order chi connectivity index (χ1) is 9.73. The van der Waals surface area contributed by atoms with Gasteiger partial charge in [0, 0.05) is 18.7 Å². The third-order valence-electron chi connectivity index (χ3n) is 4.65. The van der Waals surface area contributed by atoms with Crippen LogP contribution in [0.15, 0.2) is 30.3 Å². The van der Waals surface area contributed by atoms with Crippen molar-refractivity contribution in [3.05, 3.63) is 35.9 Å². The molecule has 2 unspecified atom stereocenters. The highest BCUT2D eigenvalue weighted by molar-refractivity contribution is 5.13. The lowest BCUT2D eigenvalue weighted by molar-refractivity contribution is -0.0556. The predicted molar refractivity (Wildman–Crippen MR) is 79.5 cm³/mol. The molecule has 0 aromatic heterocycles. The molecule has 20 heavy (non-hydrogen) atoms. The van der Waals surface area contributed by atoms with E-state index in [2.05, 4.69) is 17.4 Å². The van der Waals surface area contributed by atoms with E-state index in [4.69, 9.17) is 4.74 Å². The van der Waals surface area contributed by atoms with E-state index in [0.717, 1.165) is 19.3 Å². The number of hydrogen-bond acceptors (Lipinski definition) is 3. The van der Waals surface area contributed by atoms with Gasteiger partial charge in [-0.05, 0) is 37.7 Å². The van der Waals surface area contributed by atoms with Gasteiger partial charge in [-0.3, -0.25) is 0 Å². The Morgan fingerprint density at radius 2 is 1.85 bits per heavy atom. The summed E-state index contributed by atoms with van der Waals surface area (Å²) < 4.78 is 5.73. The lowest BCUT2D eigenvalue weighted by Gasteiger charge is -2.45. The molecule has 1 aromatic carbocycles. The smallest absolute Gasteiger partial charge is 0.0716 e. The van der Waals surface area contributed by atoms with E-state index < -0.39 is 5.60 Å². The van der Waals surface area contributed by atoms with Crippen LogP contribution in [0, 0.1) is 0 Å². The zero-order chi connectivity index (χ0) is 13.8. The summed E-state index contributed by atoms with van der Waals surface area (Å²) >= 11 is 0. The third kappa shape index (κ3) is 3.60. The SMILES string of the molecule is OC1(CCOCc2ccccc2)CC2CCCC(C1)N2. The Kier molecular flexibility index (Phi) is 4.39. The molecule has 0 amide bonds. The second kappa shape index (κ2) is 6.25. The van der Waals surface area contributed by atoms with Crippen LogP contribution in [0.25, 0.3) is 0 Å². The molecule has 110 valence electrons. The van der Waals surface area contributed by atoms with E-state index in [-0.39, 0.29) is 0 Å². The number of rotatable bonds is 5. The molecule has 2 saturated heterocycles. The number of aliphatic hydroxyl groups is 1. The van der Waals surface area contributed by atoms with Gasteiger partial charge in [-0.25, -0.2) is 0 Å². The first kappa shape index (κ1) is 14.1. The molecule has 3 rings (SSSR count). The van der Waals surface area contributed by atoms with Crippen molar-refractivity contribution in [2.24, 2.45) is 0 Å². The van der Waals surface area contributed by atoms with Crippen LogP contribution in [0.5, 0.6) is 0 Å². The first-order valence-electron chi connectivity index (χ1n) is 7.84. The molecular formula is C17H25NO2. The zero-order valence-corrected chi connectivity index (χ0v) is 12.1. The Bertz CT molecular complexity index is 408. The van der Waals surface area contributed by atoms with E-state index in [1.54, 1.807) is 0 Å². The Hall–Kier alpha value is -0.900. The maximum absolute atomic E-state index is 10.8. The predicted octanol–water partition coefficient (Wildman–Crippen LogP) is 2.63. The highest BCUT2D eigenvalue weighted by atomic mass is 16.5. The first-order valence-corrected chi connectivity index (χ1v) is 7.84. The standard InChI is InChI=1S/C17H25NO2/c19-17(11-15-7-4-8-16(12-17)18-15)9-10-20-13-14-5-2-1-3-6-14/h1-3,5-6,15-16,18-19H,4,7-13H2. The average Bonchev–Trinajstić information content (AvgIpc) is 2.44. The van der Waals surface area contributed by atoms with Crippen molar-refractivity contribution in [3.8, 4) is 0 Å². The minimum Gasteiger partial charge on any atom is -0.390 e. The van der Waals surface area contributed by atoms with E-state index in [1.165, 1.54) is 24.8 Å². The number of benzene rings is 1. The highest BCUT2D eigenvalue weighted by Gasteiger charge is 2.40. The fourth-order valence-electron chi connectivity index (χ4n) is 3.66. The molecule has 0 radical (unpaired) electrons. The molecule has 2 fully saturated rings. The van der Waals surface area contributed by atoms with Crippen molar-refractivity contribution >= 4 is 0 Å². The summed E-state index contributed by atoms with van der Waals surface area (Å²) in [6, 6.07) is 11.2. The Balaban J connectivity index is 1.43. The summed E-state index contributed by atoms with van der Waals surface area (Å²) in [5.74, 6) is 0. The lowest BCUT2D eigenvalue weighted by atomic mass is 9.76. The average molecular weight is 275 g/mol. The van der Waals surface area contributed by atoms with E-state index in [9.17, 15) is 5.11 Å². The van der Waals surface area contributed by atoms with Crippen LogP contribution in [0.1, 0.15) is 44.1 Å². The van der Waals surface area contributed by atoms with Crippen LogP contribution >= 0.6 is 0 Å². The molecule has 2 atom stereocenters. The van der Waals surface area contributed by atoms with Crippen LogP contribution in [0.2, 0.25) is 0 Å². The van der Waals surface area contributed by atoms with Crippen molar-refractivity contribution in [2.45, 2.75) is 62.8 Å². The number of ether oxygens (including phenoxy) is 1. The summed E-state index contributed by atoms with van der Waals surface area (Å²) in [6.45, 7) is 1.28. The maximum Gasteiger partial charge on any atom is 0.0716 e. The molecule has 3 heteroatoms. The van der Waals surface area contributed by atoms with Gasteiger partial charge < -0.3 is 15.2 Å². The fraction of sp³-hybridized carbons (Fsp3) is 0.647. The van der Waals surface area contributed by atoms with Crippen molar-refractivity contribution in [3.63, 3.8) is 0 Å². The number of hydrogen-bond donors (Lipinski definition) is 2. The van der Waals surface area contributed by atoms with Gasteiger partial charge in [0.2, 0.25) is 0 Å². The molecule has 2 aliphatic rings. The van der Waals surface area contributed by atoms with Crippen molar-refractivity contribution in [1.29, 1.82) is 0 Å². The summed E-state index contributed by atoms with van der Waals surface area (Å²) in [7, 11) is 0. The summed E-state index contributed by atoms with van der Waals surface area (Å²) in [6.07, 6.45) is 6.27. The minimum atomic E-state index is -0.516. The molecule has 2 N–H and O–H groups in total. The van der Waals surface area contributed by atoms with Crippen molar-refractivity contribution < 1.29 is 9.84 Å². The molecule has 0 aliphatic carbocycles. The molecular weight excluding hydrogens is 250 g/mol. The van der Waals surface area contributed by atoms with Gasteiger partial charge in [0.15, 0.2) is 0 Å². The monoisotopic (exact) mass is 275 g/mol. The van der Waals surface area contributed by atoms with Gasteiger partial charge in [0.25, 0.3) is 0 Å². The molecule has 3 nitrogen and oxygen atoms in total. The van der Waals surface area contributed by atoms with Gasteiger partial charge in [-0.2, -0.15) is 0 Å². The third-order valence-corrected chi connectivity index (χ3v) is 4.65. The van der Waals surface area contributed by atoms with Gasteiger partial charge in [0.05, 0.1) is 12.2 Å². The van der Waals surface area contributed by atoms with E-state index in [0.29, 0.717) is 25.3 Å². The number of piperidine rings is 2. The second-order valence-electron chi connectivity index (χ2n) is 6.41. The Morgan fingerprint density at radius 1 is 1.15 bits per heavy atom. The van der Waals surface area contributed by atoms with Gasteiger partial charge in [-0.15, -0.1) is 0 Å². The van der Waals surface area contributed by atoms with Crippen LogP contribution in [-0.2, 0) is 11.3 Å². The largest absolute Gasteiger partial charge is 0.390 e. The Morgan fingerprint density at radius 3 is 2.55 bits per heavy atom. The van der Waals surface area contributed by atoms with Gasteiger partial charge in [0.1, 0.15) is 0 Å². The number of nitrogens with one attached hydrogen (secondary N) is 1. The Labute approximate surface area is 121 Å². The van der Waals surface area contributed by atoms with Crippen LogP contribution in [0.4, 0.5) is 0 Å². The summed E-state index contributed by atoms with van der Waals surface area (Å²) in [5, 5.41) is 14.4. The van der Waals surface area contributed by atoms with Crippen LogP contribution in [-0.4, -0.2) is 29.4 Å². The van der Waals surface area contributed by atoms with E-state index in [1.807, 2.05) is 18.2 Å². The highest BCUT2D eigenvalue weighted by Crippen LogP contribution is 2.34. The van der Waals surface area contributed by atoms with Crippen molar-refractivity contribution in [1.82, 2.24) is 5.32 Å².